The molecular weight excluding hydrogens is 186 g/mol. The minimum atomic E-state index is -0.521. The van der Waals surface area contributed by atoms with Crippen molar-refractivity contribution in [3.8, 4) is 0 Å². The van der Waals surface area contributed by atoms with Gasteiger partial charge < -0.3 is 10.4 Å². The summed E-state index contributed by atoms with van der Waals surface area (Å²) >= 11 is 0. The van der Waals surface area contributed by atoms with Crippen LogP contribution in [0.15, 0.2) is 0 Å². The molecule has 1 rings (SSSR count). The average molecular weight is 213 g/mol. The Labute approximate surface area is 94.5 Å². The Morgan fingerprint density at radius 3 is 2.53 bits per heavy atom. The molecule has 1 aliphatic carbocycles. The molecule has 0 amide bonds. The van der Waals surface area contributed by atoms with Gasteiger partial charge in [-0.05, 0) is 32.2 Å². The first-order chi connectivity index (χ1) is 7.14. The van der Waals surface area contributed by atoms with E-state index in [1.165, 1.54) is 38.5 Å². The van der Waals surface area contributed by atoms with Crippen LogP contribution < -0.4 is 5.32 Å². The highest BCUT2D eigenvalue weighted by Crippen LogP contribution is 2.25. The lowest BCUT2D eigenvalue weighted by Crippen LogP contribution is -2.37. The second-order valence-electron chi connectivity index (χ2n) is 5.32. The quantitative estimate of drug-likeness (QED) is 0.665. The van der Waals surface area contributed by atoms with Gasteiger partial charge in [0.1, 0.15) is 0 Å². The molecule has 0 radical (unpaired) electrons. The summed E-state index contributed by atoms with van der Waals surface area (Å²) in [6.45, 7) is 5.74. The number of nitrogens with one attached hydrogen (secondary N) is 1. The predicted octanol–water partition coefficient (Wildman–Crippen LogP) is 2.71. The zero-order valence-corrected chi connectivity index (χ0v) is 10.4. The molecule has 2 heteroatoms. The van der Waals surface area contributed by atoms with Crippen LogP contribution in [0.3, 0.4) is 0 Å². The van der Waals surface area contributed by atoms with Gasteiger partial charge in [0.25, 0.3) is 0 Å². The third kappa shape index (κ3) is 5.53. The Bertz CT molecular complexity index is 162. The summed E-state index contributed by atoms with van der Waals surface area (Å²) in [5.41, 5.74) is -0.521. The van der Waals surface area contributed by atoms with Crippen LogP contribution >= 0.6 is 0 Å². The van der Waals surface area contributed by atoms with Crippen LogP contribution in [0, 0.1) is 5.92 Å². The average Bonchev–Trinajstić information content (AvgIpc) is 2.26. The van der Waals surface area contributed by atoms with Crippen LogP contribution in [-0.2, 0) is 0 Å². The van der Waals surface area contributed by atoms with Crippen LogP contribution in [0.4, 0.5) is 0 Å². The molecule has 90 valence electrons. The largest absolute Gasteiger partial charge is 0.389 e. The van der Waals surface area contributed by atoms with Crippen LogP contribution in [0.5, 0.6) is 0 Å². The van der Waals surface area contributed by atoms with Gasteiger partial charge in [-0.15, -0.1) is 0 Å². The summed E-state index contributed by atoms with van der Waals surface area (Å²) < 4.78 is 0. The minimum Gasteiger partial charge on any atom is -0.389 e. The van der Waals surface area contributed by atoms with Crippen molar-refractivity contribution in [1.82, 2.24) is 5.32 Å². The number of aliphatic hydroxyl groups is 1. The van der Waals surface area contributed by atoms with Crippen molar-refractivity contribution >= 4 is 0 Å². The van der Waals surface area contributed by atoms with Crippen LogP contribution in [-0.4, -0.2) is 23.8 Å². The standard InChI is InChI=1S/C13H27NO/c1-3-13(2,15)11-14-10-9-12-7-5-4-6-8-12/h12,14-15H,3-11H2,1-2H3. The van der Waals surface area contributed by atoms with Crippen molar-refractivity contribution in [1.29, 1.82) is 0 Å². The lowest BCUT2D eigenvalue weighted by Gasteiger charge is -2.24. The lowest BCUT2D eigenvalue weighted by molar-refractivity contribution is 0.0555. The van der Waals surface area contributed by atoms with Gasteiger partial charge in [0.2, 0.25) is 0 Å². The van der Waals surface area contributed by atoms with Gasteiger partial charge in [-0.25, -0.2) is 0 Å². The third-order valence-corrected chi connectivity index (χ3v) is 3.72. The number of rotatable bonds is 6. The molecule has 0 aromatic heterocycles. The van der Waals surface area contributed by atoms with E-state index in [1.54, 1.807) is 0 Å². The molecule has 0 bridgehead atoms. The molecule has 1 saturated carbocycles. The van der Waals surface area contributed by atoms with E-state index in [2.05, 4.69) is 5.32 Å². The van der Waals surface area contributed by atoms with Gasteiger partial charge in [0, 0.05) is 6.54 Å². The summed E-state index contributed by atoms with van der Waals surface area (Å²) in [5.74, 6) is 0.942. The molecule has 0 aromatic carbocycles. The molecule has 1 fully saturated rings. The second-order valence-corrected chi connectivity index (χ2v) is 5.32. The highest BCUT2D eigenvalue weighted by Gasteiger charge is 2.17. The monoisotopic (exact) mass is 213 g/mol. The normalized spacial score (nSPS) is 22.6. The fourth-order valence-corrected chi connectivity index (χ4v) is 2.26. The first-order valence-electron chi connectivity index (χ1n) is 6.57. The van der Waals surface area contributed by atoms with E-state index < -0.39 is 5.60 Å². The Balaban J connectivity index is 2.00. The van der Waals surface area contributed by atoms with E-state index in [-0.39, 0.29) is 0 Å². The number of hydrogen-bond donors (Lipinski definition) is 2. The van der Waals surface area contributed by atoms with E-state index in [1.807, 2.05) is 13.8 Å². The smallest absolute Gasteiger partial charge is 0.0740 e. The molecule has 0 aromatic rings. The van der Waals surface area contributed by atoms with E-state index >= 15 is 0 Å². The first kappa shape index (κ1) is 13.0. The molecule has 0 saturated heterocycles. The molecule has 1 aliphatic rings. The van der Waals surface area contributed by atoms with Crippen molar-refractivity contribution in [2.45, 2.75) is 64.4 Å². The van der Waals surface area contributed by atoms with E-state index in [4.69, 9.17) is 0 Å². The summed E-state index contributed by atoms with van der Waals surface area (Å²) in [6.07, 6.45) is 9.25. The summed E-state index contributed by atoms with van der Waals surface area (Å²) in [7, 11) is 0. The first-order valence-corrected chi connectivity index (χ1v) is 6.57. The topological polar surface area (TPSA) is 32.3 Å². The number of hydrogen-bond acceptors (Lipinski definition) is 2. The maximum absolute atomic E-state index is 9.80. The van der Waals surface area contributed by atoms with Crippen LogP contribution in [0.25, 0.3) is 0 Å². The third-order valence-electron chi connectivity index (χ3n) is 3.72. The SMILES string of the molecule is CCC(C)(O)CNCCC1CCCCC1. The van der Waals surface area contributed by atoms with Crippen molar-refractivity contribution < 1.29 is 5.11 Å². The van der Waals surface area contributed by atoms with E-state index in [0.29, 0.717) is 0 Å². The molecule has 0 aliphatic heterocycles. The van der Waals surface area contributed by atoms with Gasteiger partial charge in [-0.2, -0.15) is 0 Å². The minimum absolute atomic E-state index is 0.521. The Hall–Kier alpha value is -0.0800. The maximum atomic E-state index is 9.80. The highest BCUT2D eigenvalue weighted by atomic mass is 16.3. The maximum Gasteiger partial charge on any atom is 0.0740 e. The molecule has 0 heterocycles. The summed E-state index contributed by atoms with van der Waals surface area (Å²) in [5, 5.41) is 13.2. The molecule has 2 nitrogen and oxygen atoms in total. The van der Waals surface area contributed by atoms with Gasteiger partial charge in [0.15, 0.2) is 0 Å². The molecular formula is C13H27NO. The zero-order valence-electron chi connectivity index (χ0n) is 10.4. The zero-order chi connectivity index (χ0) is 11.1. The molecule has 0 spiro atoms. The highest BCUT2D eigenvalue weighted by molar-refractivity contribution is 4.74. The second kappa shape index (κ2) is 6.49. The lowest BCUT2D eigenvalue weighted by atomic mass is 9.87. The van der Waals surface area contributed by atoms with Gasteiger partial charge in [-0.3, -0.25) is 0 Å². The fraction of sp³-hybridized carbons (Fsp3) is 1.00. The Morgan fingerprint density at radius 1 is 1.27 bits per heavy atom. The van der Waals surface area contributed by atoms with E-state index in [9.17, 15) is 5.11 Å². The van der Waals surface area contributed by atoms with Crippen molar-refractivity contribution in [2.75, 3.05) is 13.1 Å². The molecule has 2 N–H and O–H groups in total. The predicted molar refractivity (Wildman–Crippen MR) is 65.0 cm³/mol. The molecule has 1 atom stereocenters. The van der Waals surface area contributed by atoms with Crippen molar-refractivity contribution in [3.05, 3.63) is 0 Å². The Kier molecular flexibility index (Phi) is 5.62. The van der Waals surface area contributed by atoms with Gasteiger partial charge in [-0.1, -0.05) is 39.0 Å². The summed E-state index contributed by atoms with van der Waals surface area (Å²) in [6, 6.07) is 0. The fourth-order valence-electron chi connectivity index (χ4n) is 2.26. The van der Waals surface area contributed by atoms with Crippen LogP contribution in [0.1, 0.15) is 58.8 Å². The Morgan fingerprint density at radius 2 is 1.93 bits per heavy atom. The van der Waals surface area contributed by atoms with E-state index in [0.717, 1.165) is 25.4 Å². The molecule has 15 heavy (non-hydrogen) atoms. The molecule has 1 unspecified atom stereocenters. The van der Waals surface area contributed by atoms with Crippen molar-refractivity contribution in [2.24, 2.45) is 5.92 Å². The van der Waals surface area contributed by atoms with Crippen molar-refractivity contribution in [3.63, 3.8) is 0 Å². The summed E-state index contributed by atoms with van der Waals surface area (Å²) in [4.78, 5) is 0. The van der Waals surface area contributed by atoms with Gasteiger partial charge in [0.05, 0.1) is 5.60 Å². The van der Waals surface area contributed by atoms with Crippen LogP contribution in [0.2, 0.25) is 0 Å². The van der Waals surface area contributed by atoms with Gasteiger partial charge >= 0.3 is 0 Å².